The summed E-state index contributed by atoms with van der Waals surface area (Å²) in [4.78, 5) is 26.3. The second-order valence-electron chi connectivity index (χ2n) is 14.6. The number of amides is 2. The third kappa shape index (κ3) is 7.26. The van der Waals surface area contributed by atoms with Gasteiger partial charge in [0.25, 0.3) is 0 Å². The molecule has 1 aromatic rings. The van der Waals surface area contributed by atoms with E-state index in [1.165, 1.54) is 75.3 Å². The quantitative estimate of drug-likeness (QED) is 0.198. The molecule has 1 aromatic carbocycles. The van der Waals surface area contributed by atoms with Crippen molar-refractivity contribution >= 4 is 11.8 Å². The molecule has 0 aromatic heterocycles. The fourth-order valence-electron chi connectivity index (χ4n) is 9.67. The summed E-state index contributed by atoms with van der Waals surface area (Å²) in [5.74, 6) is 3.08. The van der Waals surface area contributed by atoms with Crippen LogP contribution in [-0.4, -0.2) is 52.2 Å². The minimum atomic E-state index is -0.255. The van der Waals surface area contributed by atoms with E-state index >= 15 is 0 Å². The molecule has 1 heterocycles. The number of phenols is 1. The Bertz CT molecular complexity index is 1090. The van der Waals surface area contributed by atoms with Gasteiger partial charge in [-0.15, -0.1) is 0 Å². The number of hydrogen-bond donors (Lipinski definition) is 3. The summed E-state index contributed by atoms with van der Waals surface area (Å²) < 4.78 is 0. The first-order chi connectivity index (χ1) is 20.8. The lowest BCUT2D eigenvalue weighted by Crippen LogP contribution is -2.47. The van der Waals surface area contributed by atoms with Gasteiger partial charge in [0.15, 0.2) is 0 Å². The average Bonchev–Trinajstić information content (AvgIpc) is 3.61. The van der Waals surface area contributed by atoms with Gasteiger partial charge < -0.3 is 20.4 Å². The molecule has 0 bridgehead atoms. The van der Waals surface area contributed by atoms with Gasteiger partial charge in [0.1, 0.15) is 11.8 Å². The number of unbranched alkanes of at least 4 members (excludes halogenated alkanes) is 8. The fourth-order valence-corrected chi connectivity index (χ4v) is 9.67. The summed E-state index contributed by atoms with van der Waals surface area (Å²) in [5, 5.41) is 24.2. The van der Waals surface area contributed by atoms with Crippen LogP contribution in [0.25, 0.3) is 0 Å². The maximum Gasteiger partial charge on any atom is 0.242 e. The molecule has 6 nitrogen and oxygen atoms in total. The minimum absolute atomic E-state index is 0.0312. The number of benzene rings is 1. The van der Waals surface area contributed by atoms with Gasteiger partial charge >= 0.3 is 0 Å². The first-order valence-electron chi connectivity index (χ1n) is 17.9. The number of nitrogens with zero attached hydrogens (tertiary/aromatic N) is 1. The molecule has 5 rings (SSSR count). The van der Waals surface area contributed by atoms with E-state index in [0.717, 1.165) is 58.0 Å². The Labute approximate surface area is 260 Å². The molecule has 0 radical (unpaired) electrons. The van der Waals surface area contributed by atoms with E-state index in [9.17, 15) is 19.8 Å². The number of carbonyl (C=O) groups is 2. The number of rotatable bonds is 14. The van der Waals surface area contributed by atoms with Crippen LogP contribution in [0.15, 0.2) is 18.2 Å². The standard InChI is InChI=1S/C37H58N2O4/c1-3-34(42)39-23-13-15-32(39)36(43)38-22-12-10-8-6-4-5-7-9-11-14-26-24-27-25-28(40)16-17-29(27)30-20-21-37(2)31(35(26)30)18-19-33(37)41/h16-17,25-26,30-33,35,40-41H,3-15,18-24H2,1-2H3,(H,38,43)/t26-,30-,31+,32+,33+,35-,37+/m1/s1. The molecule has 3 N–H and O–H groups in total. The second kappa shape index (κ2) is 14.8. The Kier molecular flexibility index (Phi) is 11.1. The van der Waals surface area contributed by atoms with Crippen LogP contribution in [-0.2, 0) is 16.0 Å². The summed E-state index contributed by atoms with van der Waals surface area (Å²) in [6.45, 7) is 5.67. The van der Waals surface area contributed by atoms with Gasteiger partial charge in [-0.1, -0.05) is 71.3 Å². The van der Waals surface area contributed by atoms with Crippen LogP contribution in [0.1, 0.15) is 140 Å². The molecule has 3 fully saturated rings. The Balaban J connectivity index is 0.966. The third-order valence-corrected chi connectivity index (χ3v) is 12.1. The highest BCUT2D eigenvalue weighted by Crippen LogP contribution is 2.62. The number of nitrogens with one attached hydrogen (secondary N) is 1. The van der Waals surface area contributed by atoms with E-state index in [0.29, 0.717) is 35.8 Å². The van der Waals surface area contributed by atoms with Gasteiger partial charge in [-0.2, -0.15) is 0 Å². The van der Waals surface area contributed by atoms with E-state index in [4.69, 9.17) is 0 Å². The zero-order chi connectivity index (χ0) is 30.4. The molecule has 0 spiro atoms. The fraction of sp³-hybridized carbons (Fsp3) is 0.784. The maximum absolute atomic E-state index is 12.5. The molecule has 4 aliphatic rings. The summed E-state index contributed by atoms with van der Waals surface area (Å²) in [6, 6.07) is 5.86. The first-order valence-corrected chi connectivity index (χ1v) is 17.9. The van der Waals surface area contributed by atoms with Crippen molar-refractivity contribution in [3.63, 3.8) is 0 Å². The number of hydrogen-bond acceptors (Lipinski definition) is 4. The average molecular weight is 595 g/mol. The molecule has 240 valence electrons. The van der Waals surface area contributed by atoms with Gasteiger partial charge in [-0.05, 0) is 110 Å². The maximum atomic E-state index is 12.5. The molecule has 1 saturated heterocycles. The Morgan fingerprint density at radius 2 is 1.70 bits per heavy atom. The topological polar surface area (TPSA) is 89.9 Å². The molecule has 1 aliphatic heterocycles. The lowest BCUT2D eigenvalue weighted by molar-refractivity contribution is -0.138. The molecular weight excluding hydrogens is 536 g/mol. The minimum Gasteiger partial charge on any atom is -0.508 e. The predicted molar refractivity (Wildman–Crippen MR) is 172 cm³/mol. The van der Waals surface area contributed by atoms with Crippen LogP contribution < -0.4 is 5.32 Å². The van der Waals surface area contributed by atoms with Crippen LogP contribution in [0, 0.1) is 23.2 Å². The number of likely N-dealkylation sites (tertiary alicyclic amines) is 1. The highest BCUT2D eigenvalue weighted by molar-refractivity contribution is 5.88. The van der Waals surface area contributed by atoms with E-state index in [-0.39, 0.29) is 29.4 Å². The SMILES string of the molecule is CCC(=O)N1CCC[C@H]1C(=O)NCCCCCCCCCCC[C@@H]1Cc2cc(O)ccc2[C@H]2CC[C@]3(C)[C@@H](O)CC[C@H]3[C@H]12. The van der Waals surface area contributed by atoms with Gasteiger partial charge in [-0.25, -0.2) is 0 Å². The molecule has 2 amide bonds. The lowest BCUT2D eigenvalue weighted by Gasteiger charge is -2.53. The van der Waals surface area contributed by atoms with E-state index in [2.05, 4.69) is 18.3 Å². The number of aliphatic hydroxyl groups is 1. The van der Waals surface area contributed by atoms with E-state index in [1.807, 2.05) is 19.1 Å². The molecule has 7 atom stereocenters. The van der Waals surface area contributed by atoms with Crippen molar-refractivity contribution < 1.29 is 19.8 Å². The lowest BCUT2D eigenvalue weighted by atomic mass is 9.52. The molecule has 0 unspecified atom stereocenters. The van der Waals surface area contributed by atoms with Crippen molar-refractivity contribution in [2.24, 2.45) is 23.2 Å². The van der Waals surface area contributed by atoms with E-state index in [1.54, 1.807) is 4.90 Å². The first kappa shape index (κ1) is 32.3. The highest BCUT2D eigenvalue weighted by atomic mass is 16.3. The van der Waals surface area contributed by atoms with Crippen LogP contribution in [0.5, 0.6) is 5.75 Å². The number of aromatic hydroxyl groups is 1. The van der Waals surface area contributed by atoms with Crippen molar-refractivity contribution in [1.29, 1.82) is 0 Å². The van der Waals surface area contributed by atoms with Gasteiger partial charge in [0.2, 0.25) is 11.8 Å². The summed E-state index contributed by atoms with van der Waals surface area (Å²) in [5.41, 5.74) is 2.94. The summed E-state index contributed by atoms with van der Waals surface area (Å²) in [7, 11) is 0. The number of carbonyl (C=O) groups excluding carboxylic acids is 2. The van der Waals surface area contributed by atoms with Crippen molar-refractivity contribution in [2.45, 2.75) is 147 Å². The van der Waals surface area contributed by atoms with Gasteiger partial charge in [0, 0.05) is 19.5 Å². The van der Waals surface area contributed by atoms with Crippen LogP contribution in [0.3, 0.4) is 0 Å². The Hall–Kier alpha value is -2.08. The monoisotopic (exact) mass is 594 g/mol. The third-order valence-electron chi connectivity index (χ3n) is 12.1. The number of aliphatic hydroxyl groups excluding tert-OH is 1. The van der Waals surface area contributed by atoms with Crippen LogP contribution >= 0.6 is 0 Å². The van der Waals surface area contributed by atoms with Gasteiger partial charge in [-0.3, -0.25) is 9.59 Å². The van der Waals surface area contributed by atoms with Crippen LogP contribution in [0.2, 0.25) is 0 Å². The normalized spacial score (nSPS) is 31.4. The van der Waals surface area contributed by atoms with Crippen molar-refractivity contribution in [3.8, 4) is 5.75 Å². The van der Waals surface area contributed by atoms with Crippen molar-refractivity contribution in [3.05, 3.63) is 29.3 Å². The zero-order valence-corrected chi connectivity index (χ0v) is 27.0. The Morgan fingerprint density at radius 1 is 0.977 bits per heavy atom. The molecular formula is C37H58N2O4. The molecule has 3 aliphatic carbocycles. The number of fused-ring (bicyclic) bond motifs is 5. The summed E-state index contributed by atoms with van der Waals surface area (Å²) in [6.07, 6.45) is 20.0. The predicted octanol–water partition coefficient (Wildman–Crippen LogP) is 7.25. The zero-order valence-electron chi connectivity index (χ0n) is 27.0. The number of phenolic OH excluding ortho intramolecular Hbond substituents is 1. The summed E-state index contributed by atoms with van der Waals surface area (Å²) >= 11 is 0. The van der Waals surface area contributed by atoms with Crippen molar-refractivity contribution in [2.75, 3.05) is 13.1 Å². The highest BCUT2D eigenvalue weighted by Gasteiger charge is 2.56. The Morgan fingerprint density at radius 3 is 2.44 bits per heavy atom. The smallest absolute Gasteiger partial charge is 0.242 e. The van der Waals surface area contributed by atoms with Crippen molar-refractivity contribution in [1.82, 2.24) is 10.2 Å². The molecule has 2 saturated carbocycles. The second-order valence-corrected chi connectivity index (χ2v) is 14.6. The van der Waals surface area contributed by atoms with Crippen LogP contribution in [0.4, 0.5) is 0 Å². The molecule has 43 heavy (non-hydrogen) atoms. The van der Waals surface area contributed by atoms with E-state index < -0.39 is 0 Å². The van der Waals surface area contributed by atoms with Gasteiger partial charge in [0.05, 0.1) is 6.10 Å². The molecule has 6 heteroatoms. The largest absolute Gasteiger partial charge is 0.508 e.